The average Bonchev–Trinajstić information content (AvgIpc) is 2.62. The van der Waals surface area contributed by atoms with Crippen molar-refractivity contribution in [2.45, 2.75) is 51.1 Å². The Hall–Kier alpha value is -0.510. The summed E-state index contributed by atoms with van der Waals surface area (Å²) < 4.78 is 0. The summed E-state index contributed by atoms with van der Waals surface area (Å²) in [6.45, 7) is 12.9. The van der Waals surface area contributed by atoms with Crippen molar-refractivity contribution in [2.24, 2.45) is 5.41 Å². The van der Waals surface area contributed by atoms with E-state index in [-0.39, 0.29) is 0 Å². The molecule has 1 heterocycles. The Bertz CT molecular complexity index is 413. The SMILES string of the molecule is CC1CCNC(C(C)(C)C)CN1CCSc1ccccc1. The van der Waals surface area contributed by atoms with Crippen molar-refractivity contribution in [3.8, 4) is 0 Å². The van der Waals surface area contributed by atoms with Gasteiger partial charge in [-0.2, -0.15) is 0 Å². The summed E-state index contributed by atoms with van der Waals surface area (Å²) in [5.74, 6) is 1.17. The van der Waals surface area contributed by atoms with Crippen LogP contribution in [0.25, 0.3) is 0 Å². The van der Waals surface area contributed by atoms with Crippen LogP contribution in [0.5, 0.6) is 0 Å². The Labute approximate surface area is 134 Å². The molecule has 2 unspecified atom stereocenters. The van der Waals surface area contributed by atoms with E-state index in [4.69, 9.17) is 0 Å². The third kappa shape index (κ3) is 5.32. The minimum atomic E-state index is 0.328. The maximum Gasteiger partial charge on any atom is 0.0243 e. The first-order chi connectivity index (χ1) is 9.97. The lowest BCUT2D eigenvalue weighted by atomic mass is 9.86. The zero-order valence-electron chi connectivity index (χ0n) is 13.9. The molecule has 2 rings (SSSR count). The van der Waals surface area contributed by atoms with Gasteiger partial charge in [-0.05, 0) is 37.4 Å². The Morgan fingerprint density at radius 3 is 2.62 bits per heavy atom. The Kier molecular flexibility index (Phi) is 6.15. The van der Waals surface area contributed by atoms with Crippen LogP contribution in [-0.4, -0.2) is 42.4 Å². The summed E-state index contributed by atoms with van der Waals surface area (Å²) in [5, 5.41) is 3.74. The molecule has 2 atom stereocenters. The molecule has 1 aromatic carbocycles. The van der Waals surface area contributed by atoms with E-state index in [0.717, 1.165) is 6.54 Å². The van der Waals surface area contributed by atoms with Crippen LogP contribution in [0.1, 0.15) is 34.1 Å². The second kappa shape index (κ2) is 7.66. The maximum atomic E-state index is 3.74. The number of hydrogen-bond acceptors (Lipinski definition) is 3. The molecule has 1 aliphatic rings. The van der Waals surface area contributed by atoms with E-state index >= 15 is 0 Å². The molecule has 3 heteroatoms. The van der Waals surface area contributed by atoms with Crippen molar-refractivity contribution in [1.82, 2.24) is 10.2 Å². The van der Waals surface area contributed by atoms with E-state index in [1.165, 1.54) is 30.2 Å². The van der Waals surface area contributed by atoms with Crippen LogP contribution in [-0.2, 0) is 0 Å². The third-order valence-corrected chi connectivity index (χ3v) is 5.42. The van der Waals surface area contributed by atoms with Gasteiger partial charge in [0, 0.05) is 35.8 Å². The van der Waals surface area contributed by atoms with Crippen molar-refractivity contribution in [3.05, 3.63) is 30.3 Å². The largest absolute Gasteiger partial charge is 0.312 e. The first-order valence-electron chi connectivity index (χ1n) is 8.12. The van der Waals surface area contributed by atoms with Crippen molar-refractivity contribution in [3.63, 3.8) is 0 Å². The lowest BCUT2D eigenvalue weighted by Crippen LogP contribution is -2.47. The smallest absolute Gasteiger partial charge is 0.0243 e. The number of nitrogens with zero attached hydrogens (tertiary/aromatic N) is 1. The molecule has 0 spiro atoms. The fourth-order valence-corrected chi connectivity index (χ4v) is 3.73. The fourth-order valence-electron chi connectivity index (χ4n) is 2.82. The van der Waals surface area contributed by atoms with Crippen LogP contribution in [0.4, 0.5) is 0 Å². The molecular weight excluding hydrogens is 276 g/mol. The molecule has 2 nitrogen and oxygen atoms in total. The van der Waals surface area contributed by atoms with Crippen LogP contribution >= 0.6 is 11.8 Å². The van der Waals surface area contributed by atoms with Crippen molar-refractivity contribution >= 4 is 11.8 Å². The molecule has 21 heavy (non-hydrogen) atoms. The summed E-state index contributed by atoms with van der Waals surface area (Å²) in [7, 11) is 0. The van der Waals surface area contributed by atoms with Crippen LogP contribution in [0.3, 0.4) is 0 Å². The van der Waals surface area contributed by atoms with E-state index in [1.807, 2.05) is 11.8 Å². The van der Waals surface area contributed by atoms with Crippen LogP contribution in [0.15, 0.2) is 35.2 Å². The van der Waals surface area contributed by atoms with E-state index in [0.29, 0.717) is 17.5 Å². The molecule has 1 fully saturated rings. The lowest BCUT2D eigenvalue weighted by molar-refractivity contribution is 0.172. The monoisotopic (exact) mass is 306 g/mol. The van der Waals surface area contributed by atoms with Gasteiger partial charge < -0.3 is 5.32 Å². The predicted octanol–water partition coefficient (Wildman–Crippen LogP) is 3.88. The summed E-state index contributed by atoms with van der Waals surface area (Å²) >= 11 is 1.97. The van der Waals surface area contributed by atoms with Gasteiger partial charge in [-0.15, -0.1) is 11.8 Å². The van der Waals surface area contributed by atoms with Crippen molar-refractivity contribution in [2.75, 3.05) is 25.4 Å². The number of rotatable bonds is 4. The normalized spacial score (nSPS) is 24.8. The number of nitrogens with one attached hydrogen (secondary N) is 1. The van der Waals surface area contributed by atoms with E-state index in [2.05, 4.69) is 68.2 Å². The minimum Gasteiger partial charge on any atom is -0.312 e. The molecule has 0 bridgehead atoms. The van der Waals surface area contributed by atoms with Crippen molar-refractivity contribution in [1.29, 1.82) is 0 Å². The lowest BCUT2D eigenvalue weighted by Gasteiger charge is -2.35. The molecule has 1 aromatic rings. The van der Waals surface area contributed by atoms with Gasteiger partial charge in [-0.3, -0.25) is 4.90 Å². The Morgan fingerprint density at radius 1 is 1.24 bits per heavy atom. The average molecular weight is 307 g/mol. The number of thioether (sulfide) groups is 1. The van der Waals surface area contributed by atoms with Gasteiger partial charge in [-0.1, -0.05) is 39.0 Å². The first-order valence-corrected chi connectivity index (χ1v) is 9.10. The molecule has 0 aromatic heterocycles. The predicted molar refractivity (Wildman–Crippen MR) is 94.1 cm³/mol. The highest BCUT2D eigenvalue weighted by molar-refractivity contribution is 7.99. The molecule has 0 amide bonds. The van der Waals surface area contributed by atoms with Crippen LogP contribution in [0, 0.1) is 5.41 Å². The maximum absolute atomic E-state index is 3.74. The topological polar surface area (TPSA) is 15.3 Å². The molecule has 0 saturated carbocycles. The van der Waals surface area contributed by atoms with Crippen LogP contribution < -0.4 is 5.32 Å². The van der Waals surface area contributed by atoms with Gasteiger partial charge in [0.25, 0.3) is 0 Å². The Balaban J connectivity index is 1.87. The highest BCUT2D eigenvalue weighted by Gasteiger charge is 2.30. The van der Waals surface area contributed by atoms with Crippen molar-refractivity contribution < 1.29 is 0 Å². The third-order valence-electron chi connectivity index (χ3n) is 4.43. The highest BCUT2D eigenvalue weighted by Crippen LogP contribution is 2.24. The van der Waals surface area contributed by atoms with E-state index < -0.39 is 0 Å². The second-order valence-electron chi connectivity index (χ2n) is 7.17. The van der Waals surface area contributed by atoms with E-state index in [9.17, 15) is 0 Å². The summed E-state index contributed by atoms with van der Waals surface area (Å²) in [6, 6.07) is 12.0. The Morgan fingerprint density at radius 2 is 1.95 bits per heavy atom. The second-order valence-corrected chi connectivity index (χ2v) is 8.34. The van der Waals surface area contributed by atoms with Gasteiger partial charge in [0.1, 0.15) is 0 Å². The highest BCUT2D eigenvalue weighted by atomic mass is 32.2. The quantitative estimate of drug-likeness (QED) is 0.850. The standard InChI is InChI=1S/C18H30N2S/c1-15-10-11-19-17(18(2,3)4)14-20(15)12-13-21-16-8-6-5-7-9-16/h5-9,15,17,19H,10-14H2,1-4H3. The van der Waals surface area contributed by atoms with Gasteiger partial charge >= 0.3 is 0 Å². The molecule has 1 aliphatic heterocycles. The first kappa shape index (κ1) is 16.9. The molecule has 118 valence electrons. The molecule has 0 radical (unpaired) electrons. The summed E-state index contributed by atoms with van der Waals surface area (Å²) in [4.78, 5) is 4.05. The molecule has 0 aliphatic carbocycles. The number of benzene rings is 1. The number of hydrogen-bond donors (Lipinski definition) is 1. The van der Waals surface area contributed by atoms with E-state index in [1.54, 1.807) is 0 Å². The summed E-state index contributed by atoms with van der Waals surface area (Å²) in [6.07, 6.45) is 1.25. The zero-order valence-corrected chi connectivity index (χ0v) is 14.7. The zero-order chi connectivity index (χ0) is 15.3. The molecule has 1 N–H and O–H groups in total. The molecular formula is C18H30N2S. The minimum absolute atomic E-state index is 0.328. The summed E-state index contributed by atoms with van der Waals surface area (Å²) in [5.41, 5.74) is 0.328. The fraction of sp³-hybridized carbons (Fsp3) is 0.667. The molecule has 1 saturated heterocycles. The van der Waals surface area contributed by atoms with Gasteiger partial charge in [0.05, 0.1) is 0 Å². The van der Waals surface area contributed by atoms with Gasteiger partial charge in [-0.25, -0.2) is 0 Å². The van der Waals surface area contributed by atoms with Crippen LogP contribution in [0.2, 0.25) is 0 Å². The van der Waals surface area contributed by atoms with Gasteiger partial charge in [0.2, 0.25) is 0 Å². The van der Waals surface area contributed by atoms with Gasteiger partial charge in [0.15, 0.2) is 0 Å².